The lowest BCUT2D eigenvalue weighted by atomic mass is 9.34. The molecule has 2 aliphatic heterocycles. The summed E-state index contributed by atoms with van der Waals surface area (Å²) in [7, 11) is 0. The van der Waals surface area contributed by atoms with Gasteiger partial charge in [-0.05, 0) is 75.9 Å². The fourth-order valence-electron chi connectivity index (χ4n) is 11.0. The normalized spacial score (nSPS) is 15.6. The number of aromatic nitrogens is 6. The Kier molecular flexibility index (Phi) is 6.12. The smallest absolute Gasteiger partial charge is 0.252 e. The second-order valence-electron chi connectivity index (χ2n) is 16.1. The highest BCUT2D eigenvalue weighted by Gasteiger charge is 2.46. The Balaban J connectivity index is 1.17. The van der Waals surface area contributed by atoms with Crippen molar-refractivity contribution in [1.29, 1.82) is 0 Å². The molecule has 2 aliphatic carbocycles. The molecule has 5 aromatic heterocycles. The van der Waals surface area contributed by atoms with E-state index in [0.717, 1.165) is 57.2 Å². The van der Waals surface area contributed by atoms with Crippen LogP contribution in [0.1, 0.15) is 39.7 Å². The van der Waals surface area contributed by atoms with Gasteiger partial charge in [0.1, 0.15) is 0 Å². The van der Waals surface area contributed by atoms with Crippen LogP contribution in [0.4, 0.5) is 0 Å². The maximum absolute atomic E-state index is 5.14. The van der Waals surface area contributed by atoms with Crippen LogP contribution in [0.15, 0.2) is 164 Å². The van der Waals surface area contributed by atoms with Crippen molar-refractivity contribution in [2.75, 3.05) is 0 Å². The molecule has 0 radical (unpaired) electrons. The van der Waals surface area contributed by atoms with Crippen LogP contribution in [-0.2, 0) is 6.42 Å². The van der Waals surface area contributed by atoms with E-state index in [4.69, 9.17) is 19.9 Å². The SMILES string of the molecule is C(=C1\c2nccnc2-c2c1n1c3c(cccc23)B2c3c-1cc(-c1ccccn1)cc3-n1c3c(c4cccc2c41)-c1ncccc1CC3c1ccccc1)/c1ccccc1. The minimum Gasteiger partial charge on any atom is -0.313 e. The lowest BCUT2D eigenvalue weighted by Crippen LogP contribution is -2.59. The summed E-state index contributed by atoms with van der Waals surface area (Å²) in [6, 6.07) is 50.9. The van der Waals surface area contributed by atoms with Gasteiger partial charge in [0, 0.05) is 91.8 Å². The van der Waals surface area contributed by atoms with Gasteiger partial charge in [-0.2, -0.15) is 0 Å². The van der Waals surface area contributed by atoms with Crippen LogP contribution < -0.4 is 16.4 Å². The topological polar surface area (TPSA) is 61.4 Å². The Bertz CT molecular complexity index is 3470. The van der Waals surface area contributed by atoms with E-state index in [9.17, 15) is 0 Å². The third-order valence-corrected chi connectivity index (χ3v) is 13.2. The predicted molar refractivity (Wildman–Crippen MR) is 238 cm³/mol. The van der Waals surface area contributed by atoms with Crippen molar-refractivity contribution in [1.82, 2.24) is 29.1 Å². The van der Waals surface area contributed by atoms with E-state index < -0.39 is 0 Å². The van der Waals surface area contributed by atoms with E-state index in [1.165, 1.54) is 72.0 Å². The van der Waals surface area contributed by atoms with Gasteiger partial charge < -0.3 is 9.13 Å². The lowest BCUT2D eigenvalue weighted by Gasteiger charge is -2.36. The zero-order chi connectivity index (χ0) is 38.3. The van der Waals surface area contributed by atoms with Gasteiger partial charge in [0.25, 0.3) is 6.71 Å². The molecule has 0 N–H and O–H groups in total. The molecular weight excluding hydrogens is 719 g/mol. The van der Waals surface area contributed by atoms with Crippen LogP contribution in [-0.4, -0.2) is 35.8 Å². The number of hydrogen-bond donors (Lipinski definition) is 0. The fourth-order valence-corrected chi connectivity index (χ4v) is 11.0. The molecule has 0 saturated heterocycles. The summed E-state index contributed by atoms with van der Waals surface area (Å²) >= 11 is 0. The molecule has 0 amide bonds. The monoisotopic (exact) mass is 750 g/mol. The highest BCUT2D eigenvalue weighted by atomic mass is 15.1. The quantitative estimate of drug-likeness (QED) is 0.169. The number of nitrogens with zero attached hydrogens (tertiary/aromatic N) is 6. The van der Waals surface area contributed by atoms with E-state index in [1.54, 1.807) is 0 Å². The summed E-state index contributed by atoms with van der Waals surface area (Å²) in [6.45, 7) is -0.00202. The molecule has 0 spiro atoms. The molecule has 14 rings (SSSR count). The van der Waals surface area contributed by atoms with Crippen LogP contribution in [0.3, 0.4) is 0 Å². The van der Waals surface area contributed by atoms with Gasteiger partial charge in [0.2, 0.25) is 0 Å². The molecule has 1 unspecified atom stereocenters. The van der Waals surface area contributed by atoms with Crippen molar-refractivity contribution in [3.8, 4) is 45.1 Å². The molecule has 10 aromatic rings. The summed E-state index contributed by atoms with van der Waals surface area (Å²) in [6.07, 6.45) is 10.7. The maximum Gasteiger partial charge on any atom is 0.252 e. The van der Waals surface area contributed by atoms with Gasteiger partial charge in [-0.15, -0.1) is 0 Å². The van der Waals surface area contributed by atoms with Gasteiger partial charge >= 0.3 is 0 Å². The Morgan fingerprint density at radius 3 is 2.02 bits per heavy atom. The summed E-state index contributed by atoms with van der Waals surface area (Å²) in [5.41, 5.74) is 23.4. The molecule has 5 aromatic carbocycles. The van der Waals surface area contributed by atoms with Crippen molar-refractivity contribution in [2.24, 2.45) is 0 Å². The van der Waals surface area contributed by atoms with Gasteiger partial charge in [-0.1, -0.05) is 109 Å². The average Bonchev–Trinajstić information content (AvgIpc) is 3.94. The van der Waals surface area contributed by atoms with Crippen LogP contribution in [0.5, 0.6) is 0 Å². The number of rotatable bonds is 3. The van der Waals surface area contributed by atoms with E-state index in [-0.39, 0.29) is 12.6 Å². The van der Waals surface area contributed by atoms with Gasteiger partial charge in [-0.25, -0.2) is 0 Å². The van der Waals surface area contributed by atoms with Crippen molar-refractivity contribution in [3.63, 3.8) is 0 Å². The first kappa shape index (κ1) is 31.5. The van der Waals surface area contributed by atoms with Crippen LogP contribution in [0, 0.1) is 0 Å². The molecular formula is C52H31BN6. The van der Waals surface area contributed by atoms with Crippen molar-refractivity contribution in [2.45, 2.75) is 12.3 Å². The molecule has 4 aliphatic rings. The van der Waals surface area contributed by atoms with Crippen molar-refractivity contribution < 1.29 is 0 Å². The molecule has 272 valence electrons. The van der Waals surface area contributed by atoms with Gasteiger partial charge in [0.05, 0.1) is 28.5 Å². The highest BCUT2D eigenvalue weighted by molar-refractivity contribution is 7.00. The molecule has 0 bridgehead atoms. The van der Waals surface area contributed by atoms with E-state index in [1.807, 2.05) is 30.9 Å². The van der Waals surface area contributed by atoms with Crippen LogP contribution >= 0.6 is 0 Å². The standard InChI is InChI=1S/C52H31BN6/c1-3-12-30(13-4-1)26-37-47-48(57-25-24-56-47)44-35-18-10-20-39-50(35)59(52(37)44)42-29-33(40-21-7-8-22-54-40)28-41-45(42)53(39)38-19-9-17-34-43-46-32(16-11-23-55-46)27-36(31-14-5-2-6-15-31)51(43)58(41)49(34)38/h1-26,28-29,36H,27H2/b37-26-. The first-order valence-corrected chi connectivity index (χ1v) is 20.3. The summed E-state index contributed by atoms with van der Waals surface area (Å²) in [4.78, 5) is 20.2. The van der Waals surface area contributed by atoms with E-state index in [2.05, 4.69) is 149 Å². The molecule has 0 saturated carbocycles. The molecule has 59 heavy (non-hydrogen) atoms. The fraction of sp³-hybridized carbons (Fsp3) is 0.0385. The maximum atomic E-state index is 5.14. The van der Waals surface area contributed by atoms with E-state index >= 15 is 0 Å². The third-order valence-electron chi connectivity index (χ3n) is 13.2. The zero-order valence-electron chi connectivity index (χ0n) is 31.7. The Hall–Kier alpha value is -7.64. The number of para-hydroxylation sites is 2. The minimum atomic E-state index is -0.00202. The van der Waals surface area contributed by atoms with Crippen LogP contribution in [0.2, 0.25) is 0 Å². The molecule has 6 nitrogen and oxygen atoms in total. The summed E-state index contributed by atoms with van der Waals surface area (Å²) < 4.78 is 5.18. The van der Waals surface area contributed by atoms with Crippen LogP contribution in [0.25, 0.3) is 78.6 Å². The van der Waals surface area contributed by atoms with Gasteiger partial charge in [-0.3, -0.25) is 19.9 Å². The summed E-state index contributed by atoms with van der Waals surface area (Å²) in [5.74, 6) is 0.124. The highest BCUT2D eigenvalue weighted by Crippen LogP contribution is 2.52. The zero-order valence-corrected chi connectivity index (χ0v) is 31.7. The van der Waals surface area contributed by atoms with Crippen molar-refractivity contribution >= 4 is 56.6 Å². The Morgan fingerprint density at radius 2 is 1.24 bits per heavy atom. The lowest BCUT2D eigenvalue weighted by molar-refractivity contribution is 0.742. The molecule has 1 atom stereocenters. The number of fused-ring (bicyclic) bond motifs is 14. The Morgan fingerprint density at radius 1 is 0.559 bits per heavy atom. The molecule has 0 fully saturated rings. The number of hydrogen-bond acceptors (Lipinski definition) is 4. The first-order valence-electron chi connectivity index (χ1n) is 20.3. The summed E-state index contributed by atoms with van der Waals surface area (Å²) in [5, 5.41) is 2.45. The largest absolute Gasteiger partial charge is 0.313 e. The van der Waals surface area contributed by atoms with Crippen molar-refractivity contribution in [3.05, 3.63) is 198 Å². The second-order valence-corrected chi connectivity index (χ2v) is 16.1. The minimum absolute atomic E-state index is 0.00202. The first-order chi connectivity index (χ1) is 29.3. The predicted octanol–water partition coefficient (Wildman–Crippen LogP) is 8.89. The molecule has 7 heterocycles. The van der Waals surface area contributed by atoms with E-state index in [0.29, 0.717) is 0 Å². The Labute approximate surface area is 339 Å². The third kappa shape index (κ3) is 4.06. The second kappa shape index (κ2) is 11.5. The molecule has 7 heteroatoms. The van der Waals surface area contributed by atoms with Gasteiger partial charge in [0.15, 0.2) is 0 Å². The number of pyridine rings is 2. The number of benzene rings is 5. The average molecular weight is 751 g/mol.